The van der Waals surface area contributed by atoms with Gasteiger partial charge in [-0.25, -0.2) is 4.79 Å². The van der Waals surface area contributed by atoms with Gasteiger partial charge < -0.3 is 9.84 Å². The van der Waals surface area contributed by atoms with Crippen molar-refractivity contribution in [2.75, 3.05) is 6.61 Å². The summed E-state index contributed by atoms with van der Waals surface area (Å²) in [5.74, 6) is -0.412. The molecule has 4 nitrogen and oxygen atoms in total. The van der Waals surface area contributed by atoms with E-state index >= 15 is 0 Å². The highest BCUT2D eigenvalue weighted by Gasteiger charge is 1.93. The second kappa shape index (κ2) is 5.59. The Balaban J connectivity index is 2.44. The zero-order chi connectivity index (χ0) is 11.1. The van der Waals surface area contributed by atoms with E-state index in [1.165, 1.54) is 6.08 Å². The van der Waals surface area contributed by atoms with Crippen molar-refractivity contribution in [3.8, 4) is 5.75 Å². The molecule has 0 bridgehead atoms. The monoisotopic (exact) mass is 206 g/mol. The van der Waals surface area contributed by atoms with Crippen LogP contribution in [0.25, 0.3) is 0 Å². The Morgan fingerprint density at radius 3 is 2.53 bits per heavy atom. The molecule has 78 valence electrons. The number of aliphatic carboxylic acids is 1. The minimum Gasteiger partial charge on any atom is -0.490 e. The van der Waals surface area contributed by atoms with Crippen molar-refractivity contribution in [1.82, 2.24) is 0 Å². The van der Waals surface area contributed by atoms with Crippen LogP contribution < -0.4 is 4.74 Å². The van der Waals surface area contributed by atoms with Crippen molar-refractivity contribution in [2.24, 2.45) is 0 Å². The van der Waals surface area contributed by atoms with Crippen LogP contribution in [0.2, 0.25) is 0 Å². The smallest absolute Gasteiger partial charge is 0.328 e. The highest BCUT2D eigenvalue weighted by molar-refractivity contribution is 5.79. The van der Waals surface area contributed by atoms with Crippen molar-refractivity contribution < 1.29 is 19.4 Å². The number of carboxylic acid groups (broad SMARTS) is 1. The molecule has 0 saturated heterocycles. The number of carboxylic acids is 1. The first-order valence-corrected chi connectivity index (χ1v) is 4.30. The van der Waals surface area contributed by atoms with Gasteiger partial charge in [-0.05, 0) is 30.3 Å². The number of carbonyl (C=O) groups excluding carboxylic acids is 1. The normalized spacial score (nSPS) is 10.1. The number of benzene rings is 1. The predicted octanol–water partition coefficient (Wildman–Crippen LogP) is 1.52. The van der Waals surface area contributed by atoms with E-state index < -0.39 is 5.97 Å². The first kappa shape index (κ1) is 11.0. The zero-order valence-corrected chi connectivity index (χ0v) is 7.92. The Labute approximate surface area is 86.8 Å². The van der Waals surface area contributed by atoms with E-state index in [1.807, 2.05) is 0 Å². The number of ether oxygens (including phenoxy) is 1. The summed E-state index contributed by atoms with van der Waals surface area (Å²) >= 11 is 0. The summed E-state index contributed by atoms with van der Waals surface area (Å²) in [5, 5.41) is 8.30. The molecule has 0 fully saturated rings. The van der Waals surface area contributed by atoms with Crippen LogP contribution in [0, 0.1) is 0 Å². The zero-order valence-electron chi connectivity index (χ0n) is 7.92. The van der Waals surface area contributed by atoms with Gasteiger partial charge in [0.05, 0.1) is 0 Å². The van der Waals surface area contributed by atoms with E-state index in [9.17, 15) is 9.59 Å². The van der Waals surface area contributed by atoms with Crippen molar-refractivity contribution >= 4 is 12.3 Å². The van der Waals surface area contributed by atoms with Gasteiger partial charge in [0.1, 0.15) is 18.6 Å². The fourth-order valence-corrected chi connectivity index (χ4v) is 0.936. The standard InChI is InChI=1S/C11H10O4/c12-8-9-3-5-10(6-4-9)15-7-1-2-11(13)14/h1-6,8H,7H2,(H,13,14)/b2-1+. The molecule has 0 heterocycles. The molecule has 0 spiro atoms. The number of aldehydes is 1. The average molecular weight is 206 g/mol. The quantitative estimate of drug-likeness (QED) is 0.586. The first-order chi connectivity index (χ1) is 7.22. The van der Waals surface area contributed by atoms with E-state index in [2.05, 4.69) is 0 Å². The lowest BCUT2D eigenvalue weighted by atomic mass is 10.2. The fraction of sp³-hybridized carbons (Fsp3) is 0.0909. The van der Waals surface area contributed by atoms with Gasteiger partial charge in [-0.15, -0.1) is 0 Å². The van der Waals surface area contributed by atoms with Crippen LogP contribution in [0.3, 0.4) is 0 Å². The van der Waals surface area contributed by atoms with Gasteiger partial charge in [-0.2, -0.15) is 0 Å². The highest BCUT2D eigenvalue weighted by Crippen LogP contribution is 2.10. The van der Waals surface area contributed by atoms with Gasteiger partial charge in [0.2, 0.25) is 0 Å². The molecule has 0 atom stereocenters. The molecule has 1 N–H and O–H groups in total. The summed E-state index contributed by atoms with van der Waals surface area (Å²) in [6.07, 6.45) is 3.16. The molecule has 0 aromatic heterocycles. The van der Waals surface area contributed by atoms with Crippen LogP contribution in [0.4, 0.5) is 0 Å². The van der Waals surface area contributed by atoms with Gasteiger partial charge in [0.25, 0.3) is 0 Å². The maximum absolute atomic E-state index is 10.3. The van der Waals surface area contributed by atoms with E-state index in [0.29, 0.717) is 11.3 Å². The SMILES string of the molecule is O=Cc1ccc(OC/C=C/C(=O)O)cc1. The molecule has 0 amide bonds. The summed E-state index contributed by atoms with van der Waals surface area (Å²) in [6.45, 7) is 0.187. The van der Waals surface area contributed by atoms with Crippen LogP contribution in [0.1, 0.15) is 10.4 Å². The van der Waals surface area contributed by atoms with Gasteiger partial charge in [-0.3, -0.25) is 4.79 Å². The van der Waals surface area contributed by atoms with Crippen LogP contribution in [0.15, 0.2) is 36.4 Å². The minimum atomic E-state index is -1.00. The second-order valence-corrected chi connectivity index (χ2v) is 2.74. The summed E-state index contributed by atoms with van der Waals surface area (Å²) < 4.78 is 5.19. The van der Waals surface area contributed by atoms with Gasteiger partial charge in [-0.1, -0.05) is 0 Å². The summed E-state index contributed by atoms with van der Waals surface area (Å²) in [6, 6.07) is 6.56. The van der Waals surface area contributed by atoms with E-state index in [1.54, 1.807) is 24.3 Å². The second-order valence-electron chi connectivity index (χ2n) is 2.74. The Hall–Kier alpha value is -2.10. The lowest BCUT2D eigenvalue weighted by Gasteiger charge is -2.01. The van der Waals surface area contributed by atoms with Crippen molar-refractivity contribution in [3.63, 3.8) is 0 Å². The Kier molecular flexibility index (Phi) is 4.09. The molecule has 1 aromatic rings. The molecule has 1 aromatic carbocycles. The van der Waals surface area contributed by atoms with Crippen LogP contribution in [-0.2, 0) is 4.79 Å². The van der Waals surface area contributed by atoms with Crippen molar-refractivity contribution in [3.05, 3.63) is 42.0 Å². The fourth-order valence-electron chi connectivity index (χ4n) is 0.936. The van der Waals surface area contributed by atoms with Gasteiger partial charge >= 0.3 is 5.97 Å². The lowest BCUT2D eigenvalue weighted by Crippen LogP contribution is -1.95. The third kappa shape index (κ3) is 4.08. The van der Waals surface area contributed by atoms with Gasteiger partial charge in [0.15, 0.2) is 0 Å². The van der Waals surface area contributed by atoms with Crippen LogP contribution in [-0.4, -0.2) is 24.0 Å². The summed E-state index contributed by atoms with van der Waals surface area (Å²) in [7, 11) is 0. The Morgan fingerprint density at radius 2 is 2.00 bits per heavy atom. The molecule has 4 heteroatoms. The molecular weight excluding hydrogens is 196 g/mol. The lowest BCUT2D eigenvalue weighted by molar-refractivity contribution is -0.131. The van der Waals surface area contributed by atoms with Crippen LogP contribution in [0.5, 0.6) is 5.75 Å². The van der Waals surface area contributed by atoms with Crippen LogP contribution >= 0.6 is 0 Å². The molecule has 0 aliphatic carbocycles. The minimum absolute atomic E-state index is 0.187. The Bertz CT molecular complexity index is 365. The molecule has 0 saturated carbocycles. The molecule has 15 heavy (non-hydrogen) atoms. The number of hydrogen-bond donors (Lipinski definition) is 1. The molecule has 1 rings (SSSR count). The van der Waals surface area contributed by atoms with E-state index in [-0.39, 0.29) is 6.61 Å². The number of hydrogen-bond acceptors (Lipinski definition) is 3. The summed E-state index contributed by atoms with van der Waals surface area (Å²) in [4.78, 5) is 20.4. The molecular formula is C11H10O4. The van der Waals surface area contributed by atoms with Crippen molar-refractivity contribution in [1.29, 1.82) is 0 Å². The van der Waals surface area contributed by atoms with E-state index in [4.69, 9.17) is 9.84 Å². The highest BCUT2D eigenvalue weighted by atomic mass is 16.5. The summed E-state index contributed by atoms with van der Waals surface area (Å²) in [5.41, 5.74) is 0.573. The van der Waals surface area contributed by atoms with Crippen molar-refractivity contribution in [2.45, 2.75) is 0 Å². The third-order valence-electron chi connectivity index (χ3n) is 1.62. The molecule has 0 radical (unpaired) electrons. The number of carbonyl (C=O) groups is 2. The third-order valence-corrected chi connectivity index (χ3v) is 1.62. The maximum Gasteiger partial charge on any atom is 0.328 e. The number of rotatable bonds is 5. The first-order valence-electron chi connectivity index (χ1n) is 4.30. The topological polar surface area (TPSA) is 63.6 Å². The average Bonchev–Trinajstić information content (AvgIpc) is 2.25. The van der Waals surface area contributed by atoms with E-state index in [0.717, 1.165) is 12.4 Å². The Morgan fingerprint density at radius 1 is 1.33 bits per heavy atom. The molecule has 0 aliphatic heterocycles. The molecule has 0 aliphatic rings. The largest absolute Gasteiger partial charge is 0.490 e. The van der Waals surface area contributed by atoms with Gasteiger partial charge in [0, 0.05) is 11.6 Å². The maximum atomic E-state index is 10.3. The predicted molar refractivity (Wildman–Crippen MR) is 54.1 cm³/mol. The molecule has 0 unspecified atom stereocenters.